The molecule has 2 heterocycles. The van der Waals surface area contributed by atoms with E-state index >= 15 is 0 Å². The van der Waals surface area contributed by atoms with Gasteiger partial charge in [0, 0.05) is 29.3 Å². The van der Waals surface area contributed by atoms with Crippen LogP contribution in [0, 0.1) is 6.92 Å². The van der Waals surface area contributed by atoms with E-state index in [4.69, 9.17) is 21.5 Å². The molecule has 0 bridgehead atoms. The van der Waals surface area contributed by atoms with Gasteiger partial charge < -0.3 is 10.2 Å². The lowest BCUT2D eigenvalue weighted by Crippen LogP contribution is -2.12. The number of alkyl halides is 3. The SMILES string of the molecule is CC(=O)O.Cc1cn2c(n1)C(O)N=C(c1ccccc1Cl)c1cc(C(F)(F)F)ccc1-2. The minimum absolute atomic E-state index is 0.178. The number of carboxylic acid groups (broad SMARTS) is 1. The van der Waals surface area contributed by atoms with Crippen LogP contribution in [0.1, 0.15) is 41.4 Å². The molecule has 0 spiro atoms. The first kappa shape index (κ1) is 22.5. The van der Waals surface area contributed by atoms with Crippen molar-refractivity contribution >= 4 is 23.3 Å². The van der Waals surface area contributed by atoms with Crippen molar-refractivity contribution in [3.63, 3.8) is 0 Å². The number of carbonyl (C=O) groups is 1. The zero-order valence-corrected chi connectivity index (χ0v) is 17.1. The number of aliphatic imine (C=N–C) groups is 1. The molecule has 1 aliphatic rings. The van der Waals surface area contributed by atoms with E-state index in [0.29, 0.717) is 22.0 Å². The Morgan fingerprint density at radius 2 is 1.81 bits per heavy atom. The summed E-state index contributed by atoms with van der Waals surface area (Å²) in [7, 11) is 0. The molecule has 0 saturated heterocycles. The van der Waals surface area contributed by atoms with Crippen molar-refractivity contribution in [3.8, 4) is 5.69 Å². The van der Waals surface area contributed by atoms with Crippen LogP contribution in [0.15, 0.2) is 53.7 Å². The molecule has 0 aliphatic carbocycles. The van der Waals surface area contributed by atoms with Crippen LogP contribution in [-0.2, 0) is 11.0 Å². The molecule has 0 radical (unpaired) electrons. The number of nitrogens with zero attached hydrogens (tertiary/aromatic N) is 3. The van der Waals surface area contributed by atoms with Gasteiger partial charge >= 0.3 is 6.18 Å². The first-order valence-electron chi connectivity index (χ1n) is 8.97. The normalized spacial score (nSPS) is 15.1. The van der Waals surface area contributed by atoms with E-state index in [2.05, 4.69) is 9.98 Å². The maximum atomic E-state index is 13.3. The number of aliphatic hydroxyl groups is 1. The quantitative estimate of drug-likeness (QED) is 0.557. The Kier molecular flexibility index (Phi) is 6.19. The molecule has 0 fully saturated rings. The summed E-state index contributed by atoms with van der Waals surface area (Å²) in [5.74, 6) is -0.601. The average molecular weight is 452 g/mol. The second kappa shape index (κ2) is 8.52. The van der Waals surface area contributed by atoms with Crippen LogP contribution in [-0.4, -0.2) is 31.4 Å². The number of hydrogen-bond donors (Lipinski definition) is 2. The minimum Gasteiger partial charge on any atom is -0.481 e. The van der Waals surface area contributed by atoms with E-state index < -0.39 is 23.9 Å². The highest BCUT2D eigenvalue weighted by Crippen LogP contribution is 2.36. The third-order valence-corrected chi connectivity index (χ3v) is 4.63. The summed E-state index contributed by atoms with van der Waals surface area (Å²) in [4.78, 5) is 17.5. The molecular weight excluding hydrogens is 435 g/mol. The van der Waals surface area contributed by atoms with Gasteiger partial charge in [0.1, 0.15) is 0 Å². The summed E-state index contributed by atoms with van der Waals surface area (Å²) >= 11 is 6.26. The molecule has 1 aromatic heterocycles. The van der Waals surface area contributed by atoms with Crippen molar-refractivity contribution in [1.82, 2.24) is 9.55 Å². The zero-order valence-electron chi connectivity index (χ0n) is 16.4. The molecule has 162 valence electrons. The first-order chi connectivity index (χ1) is 14.5. The topological polar surface area (TPSA) is 87.7 Å². The van der Waals surface area contributed by atoms with E-state index in [9.17, 15) is 18.3 Å². The smallest absolute Gasteiger partial charge is 0.416 e. The van der Waals surface area contributed by atoms with Gasteiger partial charge in [-0.2, -0.15) is 13.2 Å². The predicted octanol–water partition coefficient (Wildman–Crippen LogP) is 4.79. The van der Waals surface area contributed by atoms with E-state index in [-0.39, 0.29) is 17.1 Å². The number of aromatic nitrogens is 2. The van der Waals surface area contributed by atoms with Gasteiger partial charge in [-0.3, -0.25) is 9.36 Å². The second-order valence-corrected chi connectivity index (χ2v) is 7.10. The molecule has 3 aromatic rings. The van der Waals surface area contributed by atoms with Crippen LogP contribution in [0.3, 0.4) is 0 Å². The summed E-state index contributed by atoms with van der Waals surface area (Å²) in [6.07, 6.45) is -4.21. The molecule has 4 rings (SSSR count). The Bertz CT molecular complexity index is 1170. The van der Waals surface area contributed by atoms with E-state index in [1.807, 2.05) is 0 Å². The largest absolute Gasteiger partial charge is 0.481 e. The number of benzene rings is 2. The van der Waals surface area contributed by atoms with E-state index in [1.165, 1.54) is 6.07 Å². The summed E-state index contributed by atoms with van der Waals surface area (Å²) < 4.78 is 41.5. The number of fused-ring (bicyclic) bond motifs is 3. The number of hydrogen-bond acceptors (Lipinski definition) is 4. The summed E-state index contributed by atoms with van der Waals surface area (Å²) in [6.45, 7) is 2.82. The highest BCUT2D eigenvalue weighted by Gasteiger charge is 2.33. The number of imidazole rings is 1. The van der Waals surface area contributed by atoms with Gasteiger partial charge in [0.15, 0.2) is 5.82 Å². The Morgan fingerprint density at radius 3 is 2.42 bits per heavy atom. The van der Waals surface area contributed by atoms with Gasteiger partial charge in [-0.05, 0) is 31.2 Å². The molecule has 10 heteroatoms. The van der Waals surface area contributed by atoms with Crippen LogP contribution < -0.4 is 0 Å². The maximum Gasteiger partial charge on any atom is 0.416 e. The Morgan fingerprint density at radius 1 is 1.16 bits per heavy atom. The monoisotopic (exact) mass is 451 g/mol. The number of aryl methyl sites for hydroxylation is 1. The van der Waals surface area contributed by atoms with Crippen molar-refractivity contribution in [1.29, 1.82) is 0 Å². The number of carboxylic acids is 1. The fourth-order valence-corrected chi connectivity index (χ4v) is 3.35. The van der Waals surface area contributed by atoms with Crippen LogP contribution >= 0.6 is 11.6 Å². The standard InChI is InChI=1S/C19H13ClF3N3O.C2H4O2/c1-10-9-26-15-7-6-11(19(21,22)23)8-13(15)16(25-18(27)17(26)24-10)12-4-2-3-5-14(12)20;1-2(3)4/h2-9,18,27H,1H3;1H3,(H,3,4). The van der Waals surface area contributed by atoms with Gasteiger partial charge in [-0.15, -0.1) is 0 Å². The van der Waals surface area contributed by atoms with Crippen molar-refractivity contribution in [2.45, 2.75) is 26.3 Å². The van der Waals surface area contributed by atoms with Crippen molar-refractivity contribution in [2.24, 2.45) is 4.99 Å². The number of aliphatic hydroxyl groups excluding tert-OH is 1. The van der Waals surface area contributed by atoms with Gasteiger partial charge in [0.05, 0.1) is 22.7 Å². The van der Waals surface area contributed by atoms with Gasteiger partial charge in [-0.25, -0.2) is 9.98 Å². The minimum atomic E-state index is -4.51. The van der Waals surface area contributed by atoms with Crippen molar-refractivity contribution in [3.05, 3.63) is 81.9 Å². The van der Waals surface area contributed by atoms with Crippen LogP contribution in [0.4, 0.5) is 13.2 Å². The average Bonchev–Trinajstić information content (AvgIpc) is 3.02. The van der Waals surface area contributed by atoms with E-state index in [1.54, 1.807) is 42.0 Å². The maximum absolute atomic E-state index is 13.3. The molecule has 1 unspecified atom stereocenters. The molecule has 31 heavy (non-hydrogen) atoms. The fourth-order valence-electron chi connectivity index (χ4n) is 3.12. The molecule has 6 nitrogen and oxygen atoms in total. The fraction of sp³-hybridized carbons (Fsp3) is 0.190. The number of rotatable bonds is 1. The lowest BCUT2D eigenvalue weighted by atomic mass is 9.98. The molecule has 1 aliphatic heterocycles. The van der Waals surface area contributed by atoms with E-state index in [0.717, 1.165) is 19.1 Å². The Labute approximate surface area is 180 Å². The first-order valence-corrected chi connectivity index (χ1v) is 9.35. The second-order valence-electron chi connectivity index (χ2n) is 6.69. The van der Waals surface area contributed by atoms with Gasteiger partial charge in [0.25, 0.3) is 5.97 Å². The third kappa shape index (κ3) is 4.78. The lowest BCUT2D eigenvalue weighted by molar-refractivity contribution is -0.137. The van der Waals surface area contributed by atoms with Crippen LogP contribution in [0.25, 0.3) is 5.69 Å². The van der Waals surface area contributed by atoms with Crippen molar-refractivity contribution in [2.75, 3.05) is 0 Å². The number of halogens is 4. The lowest BCUT2D eigenvalue weighted by Gasteiger charge is -2.15. The third-order valence-electron chi connectivity index (χ3n) is 4.30. The Hall–Kier alpha value is -3.17. The number of aliphatic carboxylic acids is 1. The van der Waals surface area contributed by atoms with Gasteiger partial charge in [-0.1, -0.05) is 29.8 Å². The van der Waals surface area contributed by atoms with Crippen LogP contribution in [0.5, 0.6) is 0 Å². The predicted molar refractivity (Wildman–Crippen MR) is 109 cm³/mol. The molecule has 2 aromatic carbocycles. The molecule has 2 N–H and O–H groups in total. The molecule has 0 amide bonds. The van der Waals surface area contributed by atoms with Crippen LogP contribution in [0.2, 0.25) is 5.02 Å². The highest BCUT2D eigenvalue weighted by atomic mass is 35.5. The summed E-state index contributed by atoms with van der Waals surface area (Å²) in [5, 5.41) is 18.3. The van der Waals surface area contributed by atoms with Crippen molar-refractivity contribution < 1.29 is 28.2 Å². The zero-order chi connectivity index (χ0) is 22.9. The van der Waals surface area contributed by atoms with Gasteiger partial charge in [0.2, 0.25) is 6.23 Å². The molecule has 0 saturated carbocycles. The molecular formula is C21H17ClF3N3O3. The summed E-state index contributed by atoms with van der Waals surface area (Å²) in [5.41, 5.74) is 1.07. The summed E-state index contributed by atoms with van der Waals surface area (Å²) in [6, 6.07) is 10.1. The Balaban J connectivity index is 0.000000628. The molecule has 1 atom stereocenters. The highest BCUT2D eigenvalue weighted by molar-refractivity contribution is 6.35.